The Morgan fingerprint density at radius 1 is 1.07 bits per heavy atom. The number of amides is 2. The van der Waals surface area contributed by atoms with Gasteiger partial charge in [-0.1, -0.05) is 30.3 Å². The molecule has 1 aromatic carbocycles. The Labute approximate surface area is 160 Å². The van der Waals surface area contributed by atoms with Crippen LogP contribution in [0.25, 0.3) is 0 Å². The molecule has 5 heteroatoms. The van der Waals surface area contributed by atoms with E-state index in [2.05, 4.69) is 35.4 Å². The van der Waals surface area contributed by atoms with Crippen LogP contribution >= 0.6 is 0 Å². The van der Waals surface area contributed by atoms with E-state index in [1.165, 1.54) is 10.5 Å². The number of benzene rings is 1. The zero-order valence-corrected chi connectivity index (χ0v) is 15.9. The van der Waals surface area contributed by atoms with Gasteiger partial charge in [0.1, 0.15) is 0 Å². The molecule has 4 rings (SSSR count). The van der Waals surface area contributed by atoms with Gasteiger partial charge in [0.05, 0.1) is 12.1 Å². The minimum atomic E-state index is -0.220. The summed E-state index contributed by atoms with van der Waals surface area (Å²) in [5.41, 5.74) is 2.44. The Balaban J connectivity index is 1.32. The van der Waals surface area contributed by atoms with Gasteiger partial charge < -0.3 is 0 Å². The van der Waals surface area contributed by atoms with Crippen LogP contribution in [0.1, 0.15) is 49.1 Å². The summed E-state index contributed by atoms with van der Waals surface area (Å²) in [4.78, 5) is 26.7. The van der Waals surface area contributed by atoms with E-state index in [0.29, 0.717) is 31.2 Å². The predicted molar refractivity (Wildman–Crippen MR) is 103 cm³/mol. The van der Waals surface area contributed by atoms with Gasteiger partial charge in [-0.15, -0.1) is 0 Å². The van der Waals surface area contributed by atoms with Crippen LogP contribution in [0, 0.1) is 11.8 Å². The maximum atomic E-state index is 12.8. The van der Waals surface area contributed by atoms with Crippen molar-refractivity contribution in [1.29, 1.82) is 0 Å². The molecule has 2 heterocycles. The number of likely N-dealkylation sites (tertiary alicyclic amines) is 1. The van der Waals surface area contributed by atoms with E-state index in [9.17, 15) is 9.59 Å². The van der Waals surface area contributed by atoms with E-state index in [1.54, 1.807) is 10.9 Å². The molecule has 1 aliphatic carbocycles. The average Bonchev–Trinajstić information content (AvgIpc) is 3.21. The largest absolute Gasteiger partial charge is 0.282 e. The first-order chi connectivity index (χ1) is 13.1. The number of aromatic nitrogens is 2. The maximum Gasteiger partial charge on any atom is 0.233 e. The molecule has 0 bridgehead atoms. The molecule has 0 radical (unpaired) electrons. The smallest absolute Gasteiger partial charge is 0.233 e. The Hall–Kier alpha value is -2.43. The summed E-state index contributed by atoms with van der Waals surface area (Å²) in [6.07, 6.45) is 9.11. The zero-order chi connectivity index (χ0) is 18.8. The van der Waals surface area contributed by atoms with Crippen LogP contribution in [0.3, 0.4) is 0 Å². The van der Waals surface area contributed by atoms with Gasteiger partial charge in [-0.05, 0) is 55.1 Å². The molecule has 2 aromatic rings. The highest BCUT2D eigenvalue weighted by Gasteiger charge is 2.39. The normalized spacial score (nSPS) is 26.0. The van der Waals surface area contributed by atoms with Gasteiger partial charge in [-0.3, -0.25) is 19.2 Å². The first-order valence-electron chi connectivity index (χ1n) is 9.97. The first-order valence-corrected chi connectivity index (χ1v) is 9.97. The summed E-state index contributed by atoms with van der Waals surface area (Å²) in [6.45, 7) is 0.600. The van der Waals surface area contributed by atoms with Gasteiger partial charge in [-0.25, -0.2) is 0 Å². The molecule has 27 heavy (non-hydrogen) atoms. The van der Waals surface area contributed by atoms with Gasteiger partial charge >= 0.3 is 0 Å². The highest BCUT2D eigenvalue weighted by Crippen LogP contribution is 2.37. The molecule has 0 N–H and O–H groups in total. The van der Waals surface area contributed by atoms with Crippen molar-refractivity contribution >= 4 is 11.8 Å². The second kappa shape index (κ2) is 7.67. The van der Waals surface area contributed by atoms with E-state index in [1.807, 2.05) is 13.2 Å². The SMILES string of the molecule is Cn1cc(CC2CC(=O)N(CC3CCC(c4ccccc4)CC3)C2=O)cn1. The van der Waals surface area contributed by atoms with Gasteiger partial charge in [0, 0.05) is 26.2 Å². The topological polar surface area (TPSA) is 55.2 Å². The fourth-order valence-electron chi connectivity index (χ4n) is 4.63. The Morgan fingerprint density at radius 2 is 1.81 bits per heavy atom. The maximum absolute atomic E-state index is 12.8. The number of carbonyl (C=O) groups is 2. The van der Waals surface area contributed by atoms with Crippen molar-refractivity contribution < 1.29 is 9.59 Å². The van der Waals surface area contributed by atoms with Crippen LogP contribution in [0.5, 0.6) is 0 Å². The zero-order valence-electron chi connectivity index (χ0n) is 15.9. The van der Waals surface area contributed by atoms with Gasteiger partial charge in [0.25, 0.3) is 0 Å². The van der Waals surface area contributed by atoms with Gasteiger partial charge in [0.2, 0.25) is 11.8 Å². The average molecular weight is 365 g/mol. The van der Waals surface area contributed by atoms with E-state index >= 15 is 0 Å². The third-order valence-corrected chi connectivity index (χ3v) is 6.14. The summed E-state index contributed by atoms with van der Waals surface area (Å²) in [7, 11) is 1.86. The Bertz CT molecular complexity index is 806. The first kappa shape index (κ1) is 18.0. The lowest BCUT2D eigenvalue weighted by Crippen LogP contribution is -2.36. The van der Waals surface area contributed by atoms with Gasteiger partial charge in [-0.2, -0.15) is 5.10 Å². The van der Waals surface area contributed by atoms with Gasteiger partial charge in [0.15, 0.2) is 0 Å². The number of hydrogen-bond donors (Lipinski definition) is 0. The molecule has 0 spiro atoms. The predicted octanol–water partition coefficient (Wildman–Crippen LogP) is 3.31. The minimum Gasteiger partial charge on any atom is -0.282 e. The molecule has 1 atom stereocenters. The molecule has 1 aromatic heterocycles. The van der Waals surface area contributed by atoms with Crippen molar-refractivity contribution in [3.63, 3.8) is 0 Å². The second-order valence-corrected chi connectivity index (χ2v) is 8.10. The van der Waals surface area contributed by atoms with Crippen molar-refractivity contribution in [1.82, 2.24) is 14.7 Å². The second-order valence-electron chi connectivity index (χ2n) is 8.10. The number of rotatable bonds is 5. The summed E-state index contributed by atoms with van der Waals surface area (Å²) in [5.74, 6) is 0.844. The molecule has 2 amide bonds. The molecule has 5 nitrogen and oxygen atoms in total. The van der Waals surface area contributed by atoms with Crippen LogP contribution in [0.4, 0.5) is 0 Å². The van der Waals surface area contributed by atoms with Crippen LogP contribution in [0.15, 0.2) is 42.7 Å². The summed E-state index contributed by atoms with van der Waals surface area (Å²) in [6, 6.07) is 10.7. The Kier molecular flexibility index (Phi) is 5.10. The lowest BCUT2D eigenvalue weighted by Gasteiger charge is -2.31. The number of hydrogen-bond acceptors (Lipinski definition) is 3. The molecule has 2 fully saturated rings. The number of nitrogens with zero attached hydrogens (tertiary/aromatic N) is 3. The third-order valence-electron chi connectivity index (χ3n) is 6.14. The van der Waals surface area contributed by atoms with E-state index in [-0.39, 0.29) is 17.7 Å². The summed E-state index contributed by atoms with van der Waals surface area (Å²) < 4.78 is 1.74. The molecule has 1 saturated carbocycles. The number of aryl methyl sites for hydroxylation is 1. The summed E-state index contributed by atoms with van der Waals surface area (Å²) >= 11 is 0. The van der Waals surface area contributed by atoms with Crippen LogP contribution < -0.4 is 0 Å². The molecule has 1 saturated heterocycles. The van der Waals surface area contributed by atoms with E-state index in [0.717, 1.165) is 31.2 Å². The fraction of sp³-hybridized carbons (Fsp3) is 0.500. The molecule has 142 valence electrons. The van der Waals surface area contributed by atoms with E-state index < -0.39 is 0 Å². The highest BCUT2D eigenvalue weighted by atomic mass is 16.2. The van der Waals surface area contributed by atoms with Crippen LogP contribution in [-0.2, 0) is 23.1 Å². The Morgan fingerprint density at radius 3 is 2.48 bits per heavy atom. The standard InChI is InChI=1S/C22H27N3O2/c1-24-14-17(13-23-24)11-20-12-21(26)25(22(20)27)15-16-7-9-19(10-8-16)18-5-3-2-4-6-18/h2-6,13-14,16,19-20H,7-12,15H2,1H3. The highest BCUT2D eigenvalue weighted by molar-refractivity contribution is 6.03. The van der Waals surface area contributed by atoms with E-state index in [4.69, 9.17) is 0 Å². The van der Waals surface area contributed by atoms with Crippen LogP contribution in [-0.4, -0.2) is 33.0 Å². The van der Waals surface area contributed by atoms with Crippen molar-refractivity contribution in [3.05, 3.63) is 53.9 Å². The number of imide groups is 1. The lowest BCUT2D eigenvalue weighted by atomic mass is 9.78. The molecule has 2 aliphatic rings. The molecular weight excluding hydrogens is 338 g/mol. The fourth-order valence-corrected chi connectivity index (χ4v) is 4.63. The van der Waals surface area contributed by atoms with Crippen molar-refractivity contribution in [2.24, 2.45) is 18.9 Å². The molecule has 1 aliphatic heterocycles. The van der Waals surface area contributed by atoms with Crippen molar-refractivity contribution in [2.45, 2.75) is 44.4 Å². The van der Waals surface area contributed by atoms with Crippen molar-refractivity contribution in [3.8, 4) is 0 Å². The molecule has 1 unspecified atom stereocenters. The number of carbonyl (C=O) groups excluding carboxylic acids is 2. The van der Waals surface area contributed by atoms with Crippen LogP contribution in [0.2, 0.25) is 0 Å². The lowest BCUT2D eigenvalue weighted by molar-refractivity contribution is -0.140. The minimum absolute atomic E-state index is 0.000858. The summed E-state index contributed by atoms with van der Waals surface area (Å²) in [5, 5.41) is 4.15. The quantitative estimate of drug-likeness (QED) is 0.764. The van der Waals surface area contributed by atoms with Crippen molar-refractivity contribution in [2.75, 3.05) is 6.54 Å². The molecular formula is C22H27N3O2. The third kappa shape index (κ3) is 3.97. The monoisotopic (exact) mass is 365 g/mol.